The van der Waals surface area contributed by atoms with Gasteiger partial charge in [0.2, 0.25) is 0 Å². The first-order valence-electron chi connectivity index (χ1n) is 9.50. The van der Waals surface area contributed by atoms with Crippen LogP contribution >= 0.6 is 0 Å². The highest BCUT2D eigenvalue weighted by molar-refractivity contribution is 5.98. The molecule has 0 amide bonds. The van der Waals surface area contributed by atoms with E-state index in [0.29, 0.717) is 12.0 Å². The van der Waals surface area contributed by atoms with Crippen LogP contribution in [0.5, 0.6) is 0 Å². The van der Waals surface area contributed by atoms with Gasteiger partial charge in [0.25, 0.3) is 0 Å². The summed E-state index contributed by atoms with van der Waals surface area (Å²) in [6, 6.07) is 27.4. The summed E-state index contributed by atoms with van der Waals surface area (Å²) in [6.45, 7) is 1.79. The van der Waals surface area contributed by atoms with Crippen molar-refractivity contribution in [3.63, 3.8) is 0 Å². The molecule has 0 aliphatic carbocycles. The maximum absolute atomic E-state index is 12.3. The number of ketones is 1. The average molecular weight is 372 g/mol. The summed E-state index contributed by atoms with van der Waals surface area (Å²) in [5.41, 5.74) is 3.88. The number of rotatable bonds is 8. The van der Waals surface area contributed by atoms with Crippen molar-refractivity contribution in [3.8, 4) is 11.1 Å². The molecule has 0 radical (unpaired) electrons. The Labute approximate surface area is 166 Å². The van der Waals surface area contributed by atoms with Crippen LogP contribution in [0.3, 0.4) is 0 Å². The summed E-state index contributed by atoms with van der Waals surface area (Å²) in [6.07, 6.45) is 1.11. The van der Waals surface area contributed by atoms with E-state index in [2.05, 4.69) is 0 Å². The fraction of sp³-hybridized carbons (Fsp3) is 0.200. The number of esters is 1. The first-order chi connectivity index (χ1) is 13.6. The molecule has 0 saturated heterocycles. The molecule has 3 aromatic carbocycles. The van der Waals surface area contributed by atoms with Gasteiger partial charge in [-0.3, -0.25) is 9.59 Å². The van der Waals surface area contributed by atoms with Crippen LogP contribution in [0.15, 0.2) is 84.9 Å². The minimum atomic E-state index is -0.335. The largest absolute Gasteiger partial charge is 0.457 e. The Balaban J connectivity index is 1.47. The lowest BCUT2D eigenvalue weighted by molar-refractivity contribution is -0.143. The fourth-order valence-electron chi connectivity index (χ4n) is 3.14. The van der Waals surface area contributed by atoms with Crippen LogP contribution < -0.4 is 0 Å². The standard InChI is InChI=1S/C25H24O3/c1-19(16-20-8-4-2-5-9-20)17-25(27)28-18-24(26)23-14-12-22(13-15-23)21-10-6-3-7-11-21/h2-15,19H,16-18H2,1H3. The Kier molecular flexibility index (Phi) is 6.74. The van der Waals surface area contributed by atoms with Gasteiger partial charge < -0.3 is 4.74 Å². The smallest absolute Gasteiger partial charge is 0.306 e. The molecule has 0 bridgehead atoms. The van der Waals surface area contributed by atoms with Gasteiger partial charge in [0, 0.05) is 12.0 Å². The normalized spacial score (nSPS) is 11.6. The van der Waals surface area contributed by atoms with Crippen LogP contribution in [0.4, 0.5) is 0 Å². The van der Waals surface area contributed by atoms with Crippen molar-refractivity contribution >= 4 is 11.8 Å². The number of benzene rings is 3. The SMILES string of the molecule is CC(CC(=O)OCC(=O)c1ccc(-c2ccccc2)cc1)Cc1ccccc1. The van der Waals surface area contributed by atoms with Gasteiger partial charge in [-0.1, -0.05) is 91.9 Å². The number of carbonyl (C=O) groups excluding carboxylic acids is 2. The molecule has 0 spiro atoms. The molecule has 142 valence electrons. The highest BCUT2D eigenvalue weighted by Gasteiger charge is 2.14. The van der Waals surface area contributed by atoms with E-state index in [9.17, 15) is 9.59 Å². The van der Waals surface area contributed by atoms with Gasteiger partial charge >= 0.3 is 5.97 Å². The molecule has 3 nitrogen and oxygen atoms in total. The van der Waals surface area contributed by atoms with Crippen molar-refractivity contribution in [2.24, 2.45) is 5.92 Å². The van der Waals surface area contributed by atoms with Gasteiger partial charge in [-0.05, 0) is 29.0 Å². The number of Topliss-reactive ketones (excluding diaryl/α,β-unsaturated/α-hetero) is 1. The third-order valence-electron chi connectivity index (χ3n) is 4.62. The quantitative estimate of drug-likeness (QED) is 0.395. The summed E-state index contributed by atoms with van der Waals surface area (Å²) in [4.78, 5) is 24.3. The molecule has 0 heterocycles. The van der Waals surface area contributed by atoms with Gasteiger partial charge in [-0.25, -0.2) is 0 Å². The van der Waals surface area contributed by atoms with Crippen molar-refractivity contribution in [3.05, 3.63) is 96.1 Å². The zero-order chi connectivity index (χ0) is 19.8. The van der Waals surface area contributed by atoms with E-state index in [4.69, 9.17) is 4.74 Å². The van der Waals surface area contributed by atoms with E-state index >= 15 is 0 Å². The highest BCUT2D eigenvalue weighted by atomic mass is 16.5. The molecule has 3 heteroatoms. The third-order valence-corrected chi connectivity index (χ3v) is 4.62. The summed E-state index contributed by atoms with van der Waals surface area (Å²) >= 11 is 0. The number of hydrogen-bond donors (Lipinski definition) is 0. The molecule has 0 aliphatic rings. The number of ether oxygens (including phenoxy) is 1. The molecule has 0 fully saturated rings. The summed E-state index contributed by atoms with van der Waals surface area (Å²) in [5.74, 6) is -0.364. The van der Waals surface area contributed by atoms with Crippen LogP contribution in [0, 0.1) is 5.92 Å². The van der Waals surface area contributed by atoms with E-state index in [1.54, 1.807) is 12.1 Å². The van der Waals surface area contributed by atoms with Gasteiger partial charge in [0.05, 0.1) is 0 Å². The molecule has 1 atom stereocenters. The molecule has 0 N–H and O–H groups in total. The number of hydrogen-bond acceptors (Lipinski definition) is 3. The topological polar surface area (TPSA) is 43.4 Å². The zero-order valence-corrected chi connectivity index (χ0v) is 16.0. The van der Waals surface area contributed by atoms with E-state index in [1.807, 2.05) is 79.7 Å². The lowest BCUT2D eigenvalue weighted by Crippen LogP contribution is -2.16. The van der Waals surface area contributed by atoms with Crippen LogP contribution in [-0.2, 0) is 16.0 Å². The van der Waals surface area contributed by atoms with Crippen molar-refractivity contribution in [2.45, 2.75) is 19.8 Å². The minimum absolute atomic E-state index is 0.162. The van der Waals surface area contributed by atoms with E-state index in [0.717, 1.165) is 17.5 Å². The molecular weight excluding hydrogens is 348 g/mol. The Bertz CT molecular complexity index is 900. The lowest BCUT2D eigenvalue weighted by Gasteiger charge is -2.11. The molecule has 0 aromatic heterocycles. The molecule has 3 aromatic rings. The van der Waals surface area contributed by atoms with Gasteiger partial charge in [-0.2, -0.15) is 0 Å². The average Bonchev–Trinajstić information content (AvgIpc) is 2.73. The van der Waals surface area contributed by atoms with Crippen LogP contribution in [0.1, 0.15) is 29.3 Å². The predicted molar refractivity (Wildman–Crippen MR) is 111 cm³/mol. The first-order valence-corrected chi connectivity index (χ1v) is 9.50. The summed E-state index contributed by atoms with van der Waals surface area (Å²) < 4.78 is 5.19. The van der Waals surface area contributed by atoms with Crippen LogP contribution in [0.2, 0.25) is 0 Å². The van der Waals surface area contributed by atoms with Crippen molar-refractivity contribution in [2.75, 3.05) is 6.61 Å². The molecule has 3 rings (SSSR count). The molecule has 1 unspecified atom stereocenters. The van der Waals surface area contributed by atoms with Gasteiger partial charge in [-0.15, -0.1) is 0 Å². The Morgan fingerprint density at radius 3 is 2.00 bits per heavy atom. The molecule has 0 aliphatic heterocycles. The third kappa shape index (κ3) is 5.65. The second-order valence-electron chi connectivity index (χ2n) is 7.03. The summed E-state index contributed by atoms with van der Waals surface area (Å²) in [7, 11) is 0. The van der Waals surface area contributed by atoms with Crippen molar-refractivity contribution in [1.29, 1.82) is 0 Å². The Morgan fingerprint density at radius 1 is 0.786 bits per heavy atom. The van der Waals surface area contributed by atoms with Crippen molar-refractivity contribution in [1.82, 2.24) is 0 Å². The van der Waals surface area contributed by atoms with Crippen LogP contribution in [-0.4, -0.2) is 18.4 Å². The van der Waals surface area contributed by atoms with E-state index < -0.39 is 0 Å². The fourth-order valence-corrected chi connectivity index (χ4v) is 3.14. The predicted octanol–water partition coefficient (Wildman–Crippen LogP) is 5.35. The second kappa shape index (κ2) is 9.65. The first kappa shape index (κ1) is 19.6. The van der Waals surface area contributed by atoms with Crippen LogP contribution in [0.25, 0.3) is 11.1 Å². The van der Waals surface area contributed by atoms with E-state index in [1.165, 1.54) is 5.56 Å². The Hall–Kier alpha value is -3.20. The van der Waals surface area contributed by atoms with Gasteiger partial charge in [0.15, 0.2) is 12.4 Å². The molecular formula is C25H24O3. The van der Waals surface area contributed by atoms with Gasteiger partial charge in [0.1, 0.15) is 0 Å². The van der Waals surface area contributed by atoms with Crippen molar-refractivity contribution < 1.29 is 14.3 Å². The second-order valence-corrected chi connectivity index (χ2v) is 7.03. The highest BCUT2D eigenvalue weighted by Crippen LogP contribution is 2.19. The Morgan fingerprint density at radius 2 is 1.36 bits per heavy atom. The zero-order valence-electron chi connectivity index (χ0n) is 16.0. The monoisotopic (exact) mass is 372 g/mol. The molecule has 28 heavy (non-hydrogen) atoms. The minimum Gasteiger partial charge on any atom is -0.457 e. The lowest BCUT2D eigenvalue weighted by atomic mass is 9.98. The molecule has 0 saturated carbocycles. The maximum atomic E-state index is 12.3. The van der Waals surface area contributed by atoms with E-state index in [-0.39, 0.29) is 24.3 Å². The number of carbonyl (C=O) groups is 2. The maximum Gasteiger partial charge on any atom is 0.306 e. The summed E-state index contributed by atoms with van der Waals surface area (Å²) in [5, 5.41) is 0.